The summed E-state index contributed by atoms with van der Waals surface area (Å²) in [5.41, 5.74) is 0.752. The maximum Gasteiger partial charge on any atom is 0.416 e. The molecule has 11 heteroatoms. The smallest absolute Gasteiger partial charge is 0.416 e. The number of anilines is 1. The molecule has 39 heavy (non-hydrogen) atoms. The van der Waals surface area contributed by atoms with E-state index in [-0.39, 0.29) is 35.8 Å². The molecule has 3 aromatic carbocycles. The van der Waals surface area contributed by atoms with E-state index in [0.717, 1.165) is 22.5 Å². The lowest BCUT2D eigenvalue weighted by Crippen LogP contribution is -2.43. The first-order chi connectivity index (χ1) is 18.3. The van der Waals surface area contributed by atoms with Gasteiger partial charge in [-0.15, -0.1) is 0 Å². The van der Waals surface area contributed by atoms with E-state index in [1.807, 2.05) is 0 Å². The third-order valence-corrected chi connectivity index (χ3v) is 8.43. The van der Waals surface area contributed by atoms with Crippen molar-refractivity contribution in [2.24, 2.45) is 5.92 Å². The molecule has 0 saturated heterocycles. The lowest BCUT2D eigenvalue weighted by atomic mass is 9.92. The van der Waals surface area contributed by atoms with Crippen LogP contribution in [0.4, 0.5) is 23.2 Å². The number of benzene rings is 3. The Morgan fingerprint density at radius 1 is 1.13 bits per heavy atom. The summed E-state index contributed by atoms with van der Waals surface area (Å²) in [4.78, 5) is 12.0. The van der Waals surface area contributed by atoms with E-state index in [4.69, 9.17) is 16.3 Å². The lowest BCUT2D eigenvalue weighted by Gasteiger charge is -2.34. The van der Waals surface area contributed by atoms with E-state index in [0.29, 0.717) is 22.8 Å². The first-order valence-corrected chi connectivity index (χ1v) is 13.8. The van der Waals surface area contributed by atoms with Crippen LogP contribution in [-0.4, -0.2) is 27.5 Å². The van der Waals surface area contributed by atoms with Crippen LogP contribution in [0.3, 0.4) is 0 Å². The highest BCUT2D eigenvalue weighted by Crippen LogP contribution is 2.38. The van der Waals surface area contributed by atoms with Gasteiger partial charge < -0.3 is 4.74 Å². The summed E-state index contributed by atoms with van der Waals surface area (Å²) in [6, 6.07) is 12.6. The number of esters is 1. The van der Waals surface area contributed by atoms with Crippen molar-refractivity contribution in [2.75, 3.05) is 17.5 Å². The van der Waals surface area contributed by atoms with Gasteiger partial charge in [0, 0.05) is 12.1 Å². The normalized spacial score (nSPS) is 16.1. The maximum absolute atomic E-state index is 14.4. The summed E-state index contributed by atoms with van der Waals surface area (Å²) in [5.74, 6) is -2.00. The number of carbonyl (C=O) groups excluding carboxylic acids is 1. The Bertz CT molecular complexity index is 1530. The van der Waals surface area contributed by atoms with Gasteiger partial charge in [-0.05, 0) is 73.4 Å². The van der Waals surface area contributed by atoms with Crippen LogP contribution in [0.25, 0.3) is 11.6 Å². The molecule has 5 nitrogen and oxygen atoms in total. The first-order valence-electron chi connectivity index (χ1n) is 11.9. The summed E-state index contributed by atoms with van der Waals surface area (Å²) in [5, 5.41) is 0.202. The molecule has 1 aliphatic heterocycles. The Balaban J connectivity index is 1.83. The molecule has 3 aromatic rings. The van der Waals surface area contributed by atoms with Gasteiger partial charge in [0.25, 0.3) is 10.0 Å². The van der Waals surface area contributed by atoms with E-state index in [1.54, 1.807) is 44.2 Å². The topological polar surface area (TPSA) is 63.7 Å². The Morgan fingerprint density at radius 2 is 1.85 bits per heavy atom. The number of sulfonamides is 1. The second-order valence-electron chi connectivity index (χ2n) is 9.03. The van der Waals surface area contributed by atoms with Crippen molar-refractivity contribution in [2.45, 2.75) is 31.3 Å². The fourth-order valence-corrected chi connectivity index (χ4v) is 6.40. The monoisotopic (exact) mass is 581 g/mol. The zero-order valence-electron chi connectivity index (χ0n) is 20.9. The van der Waals surface area contributed by atoms with E-state index in [2.05, 4.69) is 0 Å². The largest absolute Gasteiger partial charge is 0.466 e. The van der Waals surface area contributed by atoms with Crippen LogP contribution in [0, 0.1) is 11.7 Å². The van der Waals surface area contributed by atoms with Crippen LogP contribution >= 0.6 is 11.6 Å². The minimum Gasteiger partial charge on any atom is -0.466 e. The molecular weight excluding hydrogens is 558 g/mol. The van der Waals surface area contributed by atoms with E-state index in [9.17, 15) is 30.8 Å². The van der Waals surface area contributed by atoms with E-state index in [1.165, 1.54) is 12.1 Å². The molecule has 0 saturated carbocycles. The first kappa shape index (κ1) is 28.6. The Morgan fingerprint density at radius 3 is 2.51 bits per heavy atom. The van der Waals surface area contributed by atoms with Crippen molar-refractivity contribution in [3.63, 3.8) is 0 Å². The standard InChI is InChI=1S/C28H24ClF4NO4S/c1-3-38-27(35)20-14-19-11-10-18(12-17(2)26-23(29)8-5-9-24(26)30)13-25(19)34(16-20)39(36,37)22-7-4-6-21(15-22)28(31,32)33/h4-13,15,20H,3,14,16H2,1-2H3/b17-12+. The number of hydrogen-bond donors (Lipinski definition) is 0. The third kappa shape index (κ3) is 5.96. The molecule has 1 heterocycles. The van der Waals surface area contributed by atoms with Crippen LogP contribution in [-0.2, 0) is 32.2 Å². The number of carbonyl (C=O) groups is 1. The van der Waals surface area contributed by atoms with Crippen molar-refractivity contribution in [3.8, 4) is 0 Å². The van der Waals surface area contributed by atoms with Gasteiger partial charge in [0.05, 0.1) is 33.7 Å². The zero-order valence-corrected chi connectivity index (χ0v) is 22.5. The maximum atomic E-state index is 14.4. The average molecular weight is 582 g/mol. The predicted octanol–water partition coefficient (Wildman–Crippen LogP) is 6.99. The second kappa shape index (κ2) is 11.0. The Kier molecular flexibility index (Phi) is 8.09. The van der Waals surface area contributed by atoms with E-state index >= 15 is 0 Å². The number of rotatable bonds is 6. The summed E-state index contributed by atoms with van der Waals surface area (Å²) in [6.45, 7) is 3.03. The molecular formula is C28H24ClF4NO4S. The minimum absolute atomic E-state index is 0.0875. The zero-order chi connectivity index (χ0) is 28.5. The highest BCUT2D eigenvalue weighted by molar-refractivity contribution is 7.92. The summed E-state index contributed by atoms with van der Waals surface area (Å²) < 4.78 is 88.0. The molecule has 0 aliphatic carbocycles. The van der Waals surface area contributed by atoms with Crippen molar-refractivity contribution in [3.05, 3.63) is 93.8 Å². The van der Waals surface area contributed by atoms with Gasteiger partial charge >= 0.3 is 12.1 Å². The SMILES string of the molecule is CCOC(=O)C1Cc2ccc(/C=C(\C)c3c(F)cccc3Cl)cc2N(S(=O)(=O)c2cccc(C(F)(F)F)c2)C1. The quantitative estimate of drug-likeness (QED) is 0.179. The van der Waals surface area contributed by atoms with Gasteiger partial charge in [0.15, 0.2) is 0 Å². The minimum atomic E-state index is -4.75. The average Bonchev–Trinajstić information content (AvgIpc) is 2.87. The van der Waals surface area contributed by atoms with Crippen LogP contribution in [0.2, 0.25) is 5.02 Å². The molecule has 0 aromatic heterocycles. The number of halogens is 5. The van der Waals surface area contributed by atoms with Crippen molar-refractivity contribution < 1.29 is 35.5 Å². The molecule has 4 rings (SSSR count). The molecule has 0 spiro atoms. The Hall–Kier alpha value is -3.37. The Labute approximate surface area is 228 Å². The third-order valence-electron chi connectivity index (χ3n) is 6.34. The van der Waals surface area contributed by atoms with Crippen LogP contribution in [0.5, 0.6) is 0 Å². The van der Waals surface area contributed by atoms with Crippen molar-refractivity contribution >= 4 is 44.9 Å². The van der Waals surface area contributed by atoms with Gasteiger partial charge in [-0.2, -0.15) is 13.2 Å². The number of alkyl halides is 3. The number of hydrogen-bond acceptors (Lipinski definition) is 4. The van der Waals surface area contributed by atoms with Crippen molar-refractivity contribution in [1.82, 2.24) is 0 Å². The summed E-state index contributed by atoms with van der Waals surface area (Å²) in [6.07, 6.45) is -2.95. The fraction of sp³-hybridized carbons (Fsp3) is 0.250. The molecule has 0 N–H and O–H groups in total. The van der Waals surface area contributed by atoms with Gasteiger partial charge in [-0.25, -0.2) is 12.8 Å². The fourth-order valence-electron chi connectivity index (χ4n) is 4.51. The lowest BCUT2D eigenvalue weighted by molar-refractivity contribution is -0.147. The summed E-state index contributed by atoms with van der Waals surface area (Å²) in [7, 11) is -4.53. The van der Waals surface area contributed by atoms with Crippen molar-refractivity contribution in [1.29, 1.82) is 0 Å². The summed E-state index contributed by atoms with van der Waals surface area (Å²) >= 11 is 6.18. The number of fused-ring (bicyclic) bond motifs is 1. The number of allylic oxidation sites excluding steroid dienone is 1. The molecule has 1 atom stereocenters. The molecule has 206 valence electrons. The van der Waals surface area contributed by atoms with Gasteiger partial charge in [0.2, 0.25) is 0 Å². The molecule has 1 aliphatic rings. The molecule has 1 unspecified atom stereocenters. The number of ether oxygens (including phenoxy) is 1. The number of nitrogens with zero attached hydrogens (tertiary/aromatic N) is 1. The van der Waals surface area contributed by atoms with Crippen LogP contribution in [0.1, 0.15) is 36.1 Å². The highest BCUT2D eigenvalue weighted by atomic mass is 35.5. The predicted molar refractivity (Wildman–Crippen MR) is 141 cm³/mol. The molecule has 0 amide bonds. The van der Waals surface area contributed by atoms with Crippen LogP contribution < -0.4 is 4.31 Å². The van der Waals surface area contributed by atoms with Gasteiger partial charge in [-0.1, -0.05) is 41.9 Å². The molecule has 0 radical (unpaired) electrons. The molecule has 0 bridgehead atoms. The molecule has 0 fully saturated rings. The van der Waals surface area contributed by atoms with Crippen LogP contribution in [0.15, 0.2) is 65.6 Å². The second-order valence-corrected chi connectivity index (χ2v) is 11.3. The van der Waals surface area contributed by atoms with E-state index < -0.39 is 44.4 Å². The highest BCUT2D eigenvalue weighted by Gasteiger charge is 2.38. The van der Waals surface area contributed by atoms with Gasteiger partial charge in [-0.3, -0.25) is 9.10 Å². The van der Waals surface area contributed by atoms with Gasteiger partial charge in [0.1, 0.15) is 5.82 Å².